The smallest absolute Gasteiger partial charge is 0.414 e. The molecule has 0 spiro atoms. The normalized spacial score (nSPS) is 16.9. The van der Waals surface area contributed by atoms with Crippen molar-refractivity contribution >= 4 is 32.0 Å². The molecule has 0 aliphatic carbocycles. The highest BCUT2D eigenvalue weighted by molar-refractivity contribution is 7.89. The highest BCUT2D eigenvalue weighted by atomic mass is 32.2. The zero-order valence-corrected chi connectivity index (χ0v) is 15.3. The van der Waals surface area contributed by atoms with Gasteiger partial charge in [-0.3, -0.25) is 0 Å². The monoisotopic (exact) mass is 388 g/mol. The number of hydrogen-bond acceptors (Lipinski definition) is 6. The standard InChI is InChI=1S/C10H22N2O4S2.C2H2O4/c1-3-9-17(13,14)11-5-7-12(8-6-11)18(15,16)10-4-2;3-1(4)2(5)6/h3-10H2,1-2H3;(H,3,4)(H,5,6). The van der Waals surface area contributed by atoms with E-state index in [0.717, 1.165) is 0 Å². The quantitative estimate of drug-likeness (QED) is 0.564. The highest BCUT2D eigenvalue weighted by Gasteiger charge is 2.30. The minimum absolute atomic E-state index is 0.134. The molecule has 142 valence electrons. The van der Waals surface area contributed by atoms with Crippen LogP contribution in [-0.4, -0.2) is 85.3 Å². The molecule has 0 atom stereocenters. The van der Waals surface area contributed by atoms with Gasteiger partial charge in [0.25, 0.3) is 0 Å². The highest BCUT2D eigenvalue weighted by Crippen LogP contribution is 2.12. The minimum atomic E-state index is -3.20. The number of nitrogens with zero attached hydrogens (tertiary/aromatic N) is 2. The third kappa shape index (κ3) is 7.55. The van der Waals surface area contributed by atoms with Gasteiger partial charge < -0.3 is 10.2 Å². The molecule has 0 aromatic carbocycles. The van der Waals surface area contributed by atoms with E-state index in [0.29, 0.717) is 12.8 Å². The maximum absolute atomic E-state index is 11.8. The predicted molar refractivity (Wildman–Crippen MR) is 86.6 cm³/mol. The maximum atomic E-state index is 11.8. The second-order valence-corrected chi connectivity index (χ2v) is 9.22. The summed E-state index contributed by atoms with van der Waals surface area (Å²) in [6, 6.07) is 0. The summed E-state index contributed by atoms with van der Waals surface area (Å²) in [4.78, 5) is 18.2. The van der Waals surface area contributed by atoms with E-state index in [2.05, 4.69) is 0 Å². The molecule has 1 aliphatic heterocycles. The van der Waals surface area contributed by atoms with Crippen molar-refractivity contribution in [2.75, 3.05) is 37.7 Å². The van der Waals surface area contributed by atoms with Crippen LogP contribution in [0.3, 0.4) is 0 Å². The minimum Gasteiger partial charge on any atom is -0.473 e. The molecule has 1 heterocycles. The van der Waals surface area contributed by atoms with Crippen molar-refractivity contribution in [3.63, 3.8) is 0 Å². The van der Waals surface area contributed by atoms with Crippen molar-refractivity contribution in [2.45, 2.75) is 26.7 Å². The Labute approximate surface area is 142 Å². The maximum Gasteiger partial charge on any atom is 0.414 e. The first-order valence-corrected chi connectivity index (χ1v) is 10.6. The molecule has 0 bridgehead atoms. The van der Waals surface area contributed by atoms with Crippen molar-refractivity contribution in [1.82, 2.24) is 8.61 Å². The Morgan fingerprint density at radius 1 is 0.750 bits per heavy atom. The molecule has 1 saturated heterocycles. The van der Waals surface area contributed by atoms with Gasteiger partial charge in [0, 0.05) is 26.2 Å². The number of piperazine rings is 1. The molecule has 0 radical (unpaired) electrons. The SMILES string of the molecule is CCCS(=O)(=O)N1CCN(S(=O)(=O)CCC)CC1.O=C(O)C(=O)O. The van der Waals surface area contributed by atoms with E-state index in [1.165, 1.54) is 8.61 Å². The number of carboxylic acid groups (broad SMARTS) is 2. The first-order chi connectivity index (χ1) is 11.0. The third-order valence-electron chi connectivity index (χ3n) is 3.09. The Morgan fingerprint density at radius 3 is 1.17 bits per heavy atom. The number of rotatable bonds is 6. The van der Waals surface area contributed by atoms with Crippen molar-refractivity contribution < 1.29 is 36.6 Å². The van der Waals surface area contributed by atoms with Crippen LogP contribution >= 0.6 is 0 Å². The van der Waals surface area contributed by atoms with Crippen LogP contribution in [0.4, 0.5) is 0 Å². The molecule has 1 rings (SSSR count). The fourth-order valence-corrected chi connectivity index (χ4v) is 4.99. The summed E-state index contributed by atoms with van der Waals surface area (Å²) in [5, 5.41) is 14.8. The van der Waals surface area contributed by atoms with Crippen molar-refractivity contribution in [3.8, 4) is 0 Å². The second-order valence-electron chi connectivity index (χ2n) is 5.04. The number of hydrogen-bond donors (Lipinski definition) is 2. The van der Waals surface area contributed by atoms with Crippen LogP contribution in [0.25, 0.3) is 0 Å². The molecule has 0 unspecified atom stereocenters. The second kappa shape index (κ2) is 9.91. The van der Waals surface area contributed by atoms with Gasteiger partial charge in [-0.1, -0.05) is 13.8 Å². The lowest BCUT2D eigenvalue weighted by Gasteiger charge is -2.33. The molecule has 2 N–H and O–H groups in total. The zero-order valence-electron chi connectivity index (χ0n) is 13.7. The van der Waals surface area contributed by atoms with Gasteiger partial charge in [-0.15, -0.1) is 0 Å². The summed E-state index contributed by atoms with van der Waals surface area (Å²) in [5.74, 6) is -3.38. The summed E-state index contributed by atoms with van der Waals surface area (Å²) in [6.07, 6.45) is 1.16. The molecule has 10 nitrogen and oxygen atoms in total. The lowest BCUT2D eigenvalue weighted by molar-refractivity contribution is -0.159. The zero-order chi connectivity index (χ0) is 19.0. The van der Waals surface area contributed by atoms with Crippen LogP contribution < -0.4 is 0 Å². The Balaban J connectivity index is 0.000000754. The van der Waals surface area contributed by atoms with E-state index >= 15 is 0 Å². The third-order valence-corrected chi connectivity index (χ3v) is 7.24. The summed E-state index contributed by atoms with van der Waals surface area (Å²) >= 11 is 0. The molecule has 12 heteroatoms. The van der Waals surface area contributed by atoms with E-state index in [9.17, 15) is 16.8 Å². The van der Waals surface area contributed by atoms with Crippen LogP contribution in [0.5, 0.6) is 0 Å². The van der Waals surface area contributed by atoms with Gasteiger partial charge in [-0.25, -0.2) is 26.4 Å². The first-order valence-electron chi connectivity index (χ1n) is 7.39. The molecule has 0 aromatic rings. The fourth-order valence-electron chi connectivity index (χ4n) is 2.00. The van der Waals surface area contributed by atoms with Gasteiger partial charge in [0.2, 0.25) is 20.0 Å². The molecular formula is C12H24N2O8S2. The van der Waals surface area contributed by atoms with Crippen LogP contribution in [0.1, 0.15) is 26.7 Å². The lowest BCUT2D eigenvalue weighted by Crippen LogP contribution is -2.51. The van der Waals surface area contributed by atoms with Gasteiger partial charge in [-0.2, -0.15) is 8.61 Å². The van der Waals surface area contributed by atoms with Gasteiger partial charge in [-0.05, 0) is 12.8 Å². The Kier molecular flexibility index (Phi) is 9.40. The van der Waals surface area contributed by atoms with Crippen LogP contribution in [0, 0.1) is 0 Å². The van der Waals surface area contributed by atoms with E-state index < -0.39 is 32.0 Å². The summed E-state index contributed by atoms with van der Waals surface area (Å²) in [7, 11) is -6.41. The summed E-state index contributed by atoms with van der Waals surface area (Å²) in [5.41, 5.74) is 0. The topological polar surface area (TPSA) is 149 Å². The summed E-state index contributed by atoms with van der Waals surface area (Å²) in [6.45, 7) is 4.71. The van der Waals surface area contributed by atoms with E-state index in [4.69, 9.17) is 19.8 Å². The molecule has 1 aliphatic rings. The predicted octanol–water partition coefficient (Wildman–Crippen LogP) is -0.761. The number of sulfonamides is 2. The van der Waals surface area contributed by atoms with Crippen LogP contribution in [0.15, 0.2) is 0 Å². The molecule has 0 aromatic heterocycles. The number of carbonyl (C=O) groups is 2. The first kappa shape index (κ1) is 22.8. The van der Waals surface area contributed by atoms with Gasteiger partial charge in [0.15, 0.2) is 0 Å². The van der Waals surface area contributed by atoms with Gasteiger partial charge >= 0.3 is 11.9 Å². The summed E-state index contributed by atoms with van der Waals surface area (Å²) < 4.78 is 50.1. The number of carboxylic acids is 2. The van der Waals surface area contributed by atoms with Gasteiger partial charge in [0.1, 0.15) is 0 Å². The van der Waals surface area contributed by atoms with Crippen LogP contribution in [-0.2, 0) is 29.6 Å². The number of aliphatic carboxylic acids is 2. The molecule has 0 saturated carbocycles. The Morgan fingerprint density at radius 2 is 1.00 bits per heavy atom. The Bertz CT molecular complexity index is 565. The van der Waals surface area contributed by atoms with Crippen LogP contribution in [0.2, 0.25) is 0 Å². The molecular weight excluding hydrogens is 364 g/mol. The average molecular weight is 388 g/mol. The van der Waals surface area contributed by atoms with E-state index in [1.807, 2.05) is 13.8 Å². The fraction of sp³-hybridized carbons (Fsp3) is 0.833. The van der Waals surface area contributed by atoms with Crippen molar-refractivity contribution in [2.24, 2.45) is 0 Å². The molecule has 24 heavy (non-hydrogen) atoms. The van der Waals surface area contributed by atoms with Gasteiger partial charge in [0.05, 0.1) is 11.5 Å². The lowest BCUT2D eigenvalue weighted by atomic mass is 10.4. The van der Waals surface area contributed by atoms with E-state index in [-0.39, 0.29) is 37.7 Å². The van der Waals surface area contributed by atoms with E-state index in [1.54, 1.807) is 0 Å². The average Bonchev–Trinajstić information content (AvgIpc) is 2.48. The largest absolute Gasteiger partial charge is 0.473 e. The Hall–Kier alpha value is -1.24. The van der Waals surface area contributed by atoms with Crippen molar-refractivity contribution in [3.05, 3.63) is 0 Å². The molecule has 1 fully saturated rings. The molecule has 0 amide bonds. The van der Waals surface area contributed by atoms with Crippen molar-refractivity contribution in [1.29, 1.82) is 0 Å².